The van der Waals surface area contributed by atoms with Gasteiger partial charge in [0.05, 0.1) is 11.9 Å². The quantitative estimate of drug-likeness (QED) is 0.283. The second-order valence-corrected chi connectivity index (χ2v) is 12.4. The van der Waals surface area contributed by atoms with Gasteiger partial charge in [-0.25, -0.2) is 8.42 Å². The fourth-order valence-corrected chi connectivity index (χ4v) is 5.24. The monoisotopic (exact) mass is 597 g/mol. The third-order valence-electron chi connectivity index (χ3n) is 6.76. The zero-order valence-corrected chi connectivity index (χ0v) is 25.3. The van der Waals surface area contributed by atoms with E-state index in [1.165, 1.54) is 24.0 Å². The van der Waals surface area contributed by atoms with E-state index in [1.54, 1.807) is 36.4 Å². The summed E-state index contributed by atoms with van der Waals surface area (Å²) in [4.78, 5) is 41.2. The number of Topliss-reactive ketones (excluding diaryl/α,β-unsaturated/α-hetero) is 1. The molecule has 0 bridgehead atoms. The molecule has 41 heavy (non-hydrogen) atoms. The Kier molecular flexibility index (Phi) is 11.1. The highest BCUT2D eigenvalue weighted by molar-refractivity contribution is 7.92. The molecule has 1 N–H and O–H groups in total. The van der Waals surface area contributed by atoms with Gasteiger partial charge in [0.1, 0.15) is 12.6 Å². The average Bonchev–Trinajstić information content (AvgIpc) is 2.94. The van der Waals surface area contributed by atoms with Crippen molar-refractivity contribution in [2.24, 2.45) is 0 Å². The third kappa shape index (κ3) is 9.16. The fourth-order valence-electron chi connectivity index (χ4n) is 4.28. The Morgan fingerprint density at radius 2 is 1.59 bits per heavy atom. The molecule has 0 spiro atoms. The average molecular weight is 598 g/mol. The summed E-state index contributed by atoms with van der Waals surface area (Å²) in [6, 6.07) is 21.3. The predicted octanol–water partition coefficient (Wildman–Crippen LogP) is 4.86. The molecule has 3 rings (SSSR count). The van der Waals surface area contributed by atoms with E-state index in [0.717, 1.165) is 21.7 Å². The minimum absolute atomic E-state index is 0.0481. The molecular weight excluding hydrogens is 562 g/mol. The van der Waals surface area contributed by atoms with E-state index >= 15 is 0 Å². The van der Waals surface area contributed by atoms with Crippen LogP contribution >= 0.6 is 11.6 Å². The van der Waals surface area contributed by atoms with Crippen LogP contribution in [0.5, 0.6) is 0 Å². The van der Waals surface area contributed by atoms with Crippen LogP contribution in [-0.2, 0) is 32.6 Å². The second kappa shape index (κ2) is 14.3. The first-order valence-corrected chi connectivity index (χ1v) is 15.6. The molecule has 0 aliphatic rings. The highest BCUT2D eigenvalue weighted by Gasteiger charge is 2.33. The van der Waals surface area contributed by atoms with Crippen LogP contribution in [0.1, 0.15) is 48.7 Å². The van der Waals surface area contributed by atoms with Gasteiger partial charge in [-0.15, -0.1) is 0 Å². The smallest absolute Gasteiger partial charge is 0.244 e. The number of amides is 2. The van der Waals surface area contributed by atoms with Crippen LogP contribution in [0.2, 0.25) is 5.02 Å². The lowest BCUT2D eigenvalue weighted by atomic mass is 10.0. The zero-order chi connectivity index (χ0) is 30.2. The van der Waals surface area contributed by atoms with Gasteiger partial charge in [0.15, 0.2) is 5.78 Å². The van der Waals surface area contributed by atoms with Gasteiger partial charge in [0, 0.05) is 29.6 Å². The molecule has 0 radical (unpaired) electrons. The van der Waals surface area contributed by atoms with Crippen LogP contribution < -0.4 is 9.62 Å². The first-order chi connectivity index (χ1) is 19.4. The fraction of sp³-hybridized carbons (Fsp3) is 0.323. The topological polar surface area (TPSA) is 104 Å². The van der Waals surface area contributed by atoms with Crippen molar-refractivity contribution < 1.29 is 22.8 Å². The number of hydrogen-bond acceptors (Lipinski definition) is 5. The summed E-state index contributed by atoms with van der Waals surface area (Å²) in [7, 11) is -3.94. The van der Waals surface area contributed by atoms with Crippen molar-refractivity contribution in [2.45, 2.75) is 52.2 Å². The van der Waals surface area contributed by atoms with Gasteiger partial charge in [0.2, 0.25) is 21.8 Å². The van der Waals surface area contributed by atoms with Gasteiger partial charge in [-0.05, 0) is 55.7 Å². The number of halogens is 1. The standard InChI is InChI=1S/C31H36ClN3O5S/c1-5-22(2)33-31(38)29(18-24-10-7-6-8-11-24)34(20-25-14-16-27(32)17-15-25)30(37)21-35(41(4,39)40)28-13-9-12-26(19-28)23(3)36/h6-17,19,22,29H,5,18,20-21H2,1-4H3,(H,33,38)/t22-,29+/m0/s1. The van der Waals surface area contributed by atoms with Crippen molar-refractivity contribution in [1.29, 1.82) is 0 Å². The van der Waals surface area contributed by atoms with Gasteiger partial charge in [-0.1, -0.05) is 73.1 Å². The molecule has 2 atom stereocenters. The van der Waals surface area contributed by atoms with Gasteiger partial charge >= 0.3 is 0 Å². The van der Waals surface area contributed by atoms with Crippen molar-refractivity contribution in [3.05, 3.63) is 101 Å². The van der Waals surface area contributed by atoms with E-state index in [4.69, 9.17) is 11.6 Å². The number of anilines is 1. The van der Waals surface area contributed by atoms with E-state index in [9.17, 15) is 22.8 Å². The highest BCUT2D eigenvalue weighted by Crippen LogP contribution is 2.22. The van der Waals surface area contributed by atoms with Crippen LogP contribution in [0.4, 0.5) is 5.69 Å². The molecule has 0 aliphatic heterocycles. The number of benzene rings is 3. The largest absolute Gasteiger partial charge is 0.352 e. The van der Waals surface area contributed by atoms with E-state index < -0.39 is 28.5 Å². The molecule has 0 saturated heterocycles. The predicted molar refractivity (Wildman–Crippen MR) is 162 cm³/mol. The number of nitrogens with zero attached hydrogens (tertiary/aromatic N) is 2. The molecule has 0 fully saturated rings. The molecule has 0 aromatic heterocycles. The van der Waals surface area contributed by atoms with Crippen LogP contribution in [0.25, 0.3) is 0 Å². The first-order valence-electron chi connectivity index (χ1n) is 13.4. The summed E-state index contributed by atoms with van der Waals surface area (Å²) in [6.45, 7) is 4.71. The van der Waals surface area contributed by atoms with Gasteiger partial charge < -0.3 is 10.2 Å². The Morgan fingerprint density at radius 3 is 2.17 bits per heavy atom. The van der Waals surface area contributed by atoms with Gasteiger partial charge in [-0.3, -0.25) is 18.7 Å². The maximum Gasteiger partial charge on any atom is 0.244 e. The van der Waals surface area contributed by atoms with Crippen molar-refractivity contribution in [2.75, 3.05) is 17.1 Å². The highest BCUT2D eigenvalue weighted by atomic mass is 35.5. The lowest BCUT2D eigenvalue weighted by Gasteiger charge is -2.34. The molecule has 3 aromatic carbocycles. The minimum Gasteiger partial charge on any atom is -0.352 e. The van der Waals surface area contributed by atoms with Crippen LogP contribution in [0.15, 0.2) is 78.9 Å². The molecule has 8 nitrogen and oxygen atoms in total. The molecule has 2 amide bonds. The SMILES string of the molecule is CC[C@H](C)NC(=O)[C@@H](Cc1ccccc1)N(Cc1ccc(Cl)cc1)C(=O)CN(c1cccc(C(C)=O)c1)S(C)(=O)=O. The second-order valence-electron chi connectivity index (χ2n) is 10.0. The Labute approximate surface area is 247 Å². The molecular formula is C31H36ClN3O5S. The number of carbonyl (C=O) groups is 3. The maximum atomic E-state index is 14.1. The third-order valence-corrected chi connectivity index (χ3v) is 8.15. The van der Waals surface area contributed by atoms with E-state index in [-0.39, 0.29) is 36.4 Å². The van der Waals surface area contributed by atoms with Crippen LogP contribution in [0, 0.1) is 0 Å². The number of rotatable bonds is 13. The van der Waals surface area contributed by atoms with Crippen LogP contribution in [-0.4, -0.2) is 55.8 Å². The lowest BCUT2D eigenvalue weighted by Crippen LogP contribution is -2.54. The van der Waals surface area contributed by atoms with Crippen molar-refractivity contribution in [3.63, 3.8) is 0 Å². The molecule has 218 valence electrons. The Hall–Kier alpha value is -3.69. The summed E-state index contributed by atoms with van der Waals surface area (Å²) in [5.41, 5.74) is 2.07. The molecule has 10 heteroatoms. The summed E-state index contributed by atoms with van der Waals surface area (Å²) in [6.07, 6.45) is 1.92. The van der Waals surface area contributed by atoms with Crippen molar-refractivity contribution >= 4 is 44.9 Å². The summed E-state index contributed by atoms with van der Waals surface area (Å²) >= 11 is 6.08. The molecule has 0 aliphatic carbocycles. The van der Waals surface area contributed by atoms with Gasteiger partial charge in [0.25, 0.3) is 0 Å². The van der Waals surface area contributed by atoms with E-state index in [0.29, 0.717) is 17.0 Å². The number of ketones is 1. The normalized spacial score (nSPS) is 12.7. The molecule has 0 unspecified atom stereocenters. The summed E-state index contributed by atoms with van der Waals surface area (Å²) in [5.74, 6) is -1.14. The number of sulfonamides is 1. The molecule has 3 aromatic rings. The van der Waals surface area contributed by atoms with Crippen molar-refractivity contribution in [3.8, 4) is 0 Å². The van der Waals surface area contributed by atoms with E-state index in [1.807, 2.05) is 44.2 Å². The Bertz CT molecular complexity index is 1460. The zero-order valence-electron chi connectivity index (χ0n) is 23.7. The van der Waals surface area contributed by atoms with Crippen molar-refractivity contribution in [1.82, 2.24) is 10.2 Å². The van der Waals surface area contributed by atoms with E-state index in [2.05, 4.69) is 5.32 Å². The van der Waals surface area contributed by atoms with Gasteiger partial charge in [-0.2, -0.15) is 0 Å². The lowest BCUT2D eigenvalue weighted by molar-refractivity contribution is -0.140. The number of carbonyl (C=O) groups excluding carboxylic acids is 3. The Balaban J connectivity index is 2.07. The minimum atomic E-state index is -3.94. The summed E-state index contributed by atoms with van der Waals surface area (Å²) in [5, 5.41) is 3.52. The number of hydrogen-bond donors (Lipinski definition) is 1. The summed E-state index contributed by atoms with van der Waals surface area (Å²) < 4.78 is 26.8. The molecule has 0 heterocycles. The Morgan fingerprint density at radius 1 is 0.927 bits per heavy atom. The van der Waals surface area contributed by atoms with Crippen LogP contribution in [0.3, 0.4) is 0 Å². The number of nitrogens with one attached hydrogen (secondary N) is 1. The first kappa shape index (κ1) is 31.8. The molecule has 0 saturated carbocycles. The maximum absolute atomic E-state index is 14.1.